The molecule has 0 aliphatic carbocycles. The number of benzene rings is 2. The number of amides is 1. The van der Waals surface area contributed by atoms with Crippen molar-refractivity contribution >= 4 is 32.7 Å². The standard InChI is InChI=1S/C20H22N4O4S/c1-3-12-21-29(27,28)14-15-8-10-16(11-9-15)22-19(25)13-24-18-7-5-4-6-17(18)23(2)20(24)26/h3-11,21H,1,12-14H2,2H3,(H,22,25). The minimum Gasteiger partial charge on any atom is -0.325 e. The molecule has 0 atom stereocenters. The fourth-order valence-corrected chi connectivity index (χ4v) is 4.11. The molecule has 0 bridgehead atoms. The van der Waals surface area contributed by atoms with E-state index >= 15 is 0 Å². The molecular weight excluding hydrogens is 392 g/mol. The van der Waals surface area contributed by atoms with Gasteiger partial charge in [-0.25, -0.2) is 17.9 Å². The van der Waals surface area contributed by atoms with Gasteiger partial charge in [-0.15, -0.1) is 6.58 Å². The highest BCUT2D eigenvalue weighted by molar-refractivity contribution is 7.88. The number of aryl methyl sites for hydroxylation is 1. The molecule has 2 aromatic carbocycles. The molecule has 0 spiro atoms. The molecule has 0 fully saturated rings. The van der Waals surface area contributed by atoms with Crippen molar-refractivity contribution in [3.05, 3.63) is 77.2 Å². The van der Waals surface area contributed by atoms with E-state index in [1.807, 2.05) is 18.2 Å². The maximum atomic E-state index is 12.4. The maximum absolute atomic E-state index is 12.4. The summed E-state index contributed by atoms with van der Waals surface area (Å²) >= 11 is 0. The number of carbonyl (C=O) groups excluding carboxylic acids is 1. The molecule has 3 rings (SSSR count). The average Bonchev–Trinajstić information content (AvgIpc) is 2.93. The second kappa shape index (κ2) is 8.46. The molecule has 2 N–H and O–H groups in total. The predicted octanol–water partition coefficient (Wildman–Crippen LogP) is 1.58. The minimum atomic E-state index is -3.45. The van der Waals surface area contributed by atoms with E-state index in [9.17, 15) is 18.0 Å². The summed E-state index contributed by atoms with van der Waals surface area (Å²) in [6, 6.07) is 13.8. The number of imidazole rings is 1. The molecule has 0 aliphatic rings. The van der Waals surface area contributed by atoms with Gasteiger partial charge in [0.2, 0.25) is 15.9 Å². The van der Waals surface area contributed by atoms with E-state index in [0.29, 0.717) is 16.8 Å². The highest BCUT2D eigenvalue weighted by Gasteiger charge is 2.14. The molecule has 0 saturated carbocycles. The molecule has 3 aromatic rings. The molecule has 0 unspecified atom stereocenters. The Morgan fingerprint density at radius 3 is 2.41 bits per heavy atom. The van der Waals surface area contributed by atoms with E-state index < -0.39 is 10.0 Å². The fraction of sp³-hybridized carbons (Fsp3) is 0.200. The van der Waals surface area contributed by atoms with Crippen LogP contribution in [0.3, 0.4) is 0 Å². The van der Waals surface area contributed by atoms with Gasteiger partial charge in [-0.2, -0.15) is 0 Å². The van der Waals surface area contributed by atoms with Gasteiger partial charge in [-0.1, -0.05) is 30.3 Å². The summed E-state index contributed by atoms with van der Waals surface area (Å²) in [7, 11) is -1.78. The van der Waals surface area contributed by atoms with Crippen molar-refractivity contribution in [2.45, 2.75) is 12.3 Å². The summed E-state index contributed by atoms with van der Waals surface area (Å²) in [5, 5.41) is 2.73. The number of carbonyl (C=O) groups is 1. The Morgan fingerprint density at radius 1 is 1.10 bits per heavy atom. The van der Waals surface area contributed by atoms with Crippen molar-refractivity contribution in [3.8, 4) is 0 Å². The first-order valence-electron chi connectivity index (χ1n) is 8.92. The molecule has 0 aliphatic heterocycles. The Hall–Kier alpha value is -3.17. The Morgan fingerprint density at radius 2 is 1.76 bits per heavy atom. The van der Waals surface area contributed by atoms with Crippen LogP contribution in [0.4, 0.5) is 5.69 Å². The summed E-state index contributed by atoms with van der Waals surface area (Å²) in [5.41, 5.74) is 2.27. The highest BCUT2D eigenvalue weighted by atomic mass is 32.2. The predicted molar refractivity (Wildman–Crippen MR) is 113 cm³/mol. The minimum absolute atomic E-state index is 0.123. The largest absolute Gasteiger partial charge is 0.329 e. The van der Waals surface area contributed by atoms with Crippen LogP contribution >= 0.6 is 0 Å². The van der Waals surface area contributed by atoms with Crippen LogP contribution in [0.2, 0.25) is 0 Å². The first kappa shape index (κ1) is 20.6. The number of hydrogen-bond acceptors (Lipinski definition) is 4. The Bertz CT molecular complexity index is 1210. The van der Waals surface area contributed by atoms with E-state index in [1.54, 1.807) is 37.4 Å². The van der Waals surface area contributed by atoms with E-state index in [1.165, 1.54) is 15.2 Å². The lowest BCUT2D eigenvalue weighted by Gasteiger charge is -2.08. The summed E-state index contributed by atoms with van der Waals surface area (Å²) in [6.07, 6.45) is 1.47. The molecule has 152 valence electrons. The average molecular weight is 414 g/mol. The Kier molecular flexibility index (Phi) is 6.00. The van der Waals surface area contributed by atoms with Crippen molar-refractivity contribution in [2.75, 3.05) is 11.9 Å². The lowest BCUT2D eigenvalue weighted by molar-refractivity contribution is -0.116. The van der Waals surface area contributed by atoms with Crippen molar-refractivity contribution in [3.63, 3.8) is 0 Å². The highest BCUT2D eigenvalue weighted by Crippen LogP contribution is 2.14. The molecule has 0 saturated heterocycles. The van der Waals surface area contributed by atoms with Crippen LogP contribution in [-0.2, 0) is 34.2 Å². The van der Waals surface area contributed by atoms with Crippen LogP contribution < -0.4 is 15.7 Å². The van der Waals surface area contributed by atoms with E-state index in [4.69, 9.17) is 0 Å². The second-order valence-electron chi connectivity index (χ2n) is 6.56. The van der Waals surface area contributed by atoms with Crippen molar-refractivity contribution in [1.29, 1.82) is 0 Å². The van der Waals surface area contributed by atoms with Gasteiger partial charge < -0.3 is 5.32 Å². The van der Waals surface area contributed by atoms with Crippen LogP contribution in [0.25, 0.3) is 11.0 Å². The van der Waals surface area contributed by atoms with Crippen LogP contribution in [0, 0.1) is 0 Å². The molecular formula is C20H22N4O4S. The zero-order chi connectivity index (χ0) is 21.0. The summed E-state index contributed by atoms with van der Waals surface area (Å²) in [5.74, 6) is -0.517. The van der Waals surface area contributed by atoms with Crippen molar-refractivity contribution < 1.29 is 13.2 Å². The molecule has 1 amide bonds. The van der Waals surface area contributed by atoms with Crippen LogP contribution in [-0.4, -0.2) is 30.0 Å². The number of para-hydroxylation sites is 2. The number of sulfonamides is 1. The van der Waals surface area contributed by atoms with Crippen molar-refractivity contribution in [1.82, 2.24) is 13.9 Å². The number of aromatic nitrogens is 2. The van der Waals surface area contributed by atoms with Crippen LogP contribution in [0.5, 0.6) is 0 Å². The molecule has 0 radical (unpaired) electrons. The van der Waals surface area contributed by atoms with Crippen LogP contribution in [0.1, 0.15) is 5.56 Å². The van der Waals surface area contributed by atoms with Crippen LogP contribution in [0.15, 0.2) is 66.0 Å². The number of nitrogens with zero attached hydrogens (tertiary/aromatic N) is 2. The maximum Gasteiger partial charge on any atom is 0.329 e. The van der Waals surface area contributed by atoms with Gasteiger partial charge >= 0.3 is 5.69 Å². The number of fused-ring (bicyclic) bond motifs is 1. The summed E-state index contributed by atoms with van der Waals surface area (Å²) < 4.78 is 29.1. The van der Waals surface area contributed by atoms with Gasteiger partial charge in [0.15, 0.2) is 0 Å². The molecule has 29 heavy (non-hydrogen) atoms. The van der Waals surface area contributed by atoms with Gasteiger partial charge in [-0.05, 0) is 29.8 Å². The first-order chi connectivity index (χ1) is 13.8. The third-order valence-corrected chi connectivity index (χ3v) is 5.72. The third-order valence-electron chi connectivity index (χ3n) is 4.40. The molecule has 9 heteroatoms. The fourth-order valence-electron chi connectivity index (χ4n) is 3.00. The van der Waals surface area contributed by atoms with Gasteiger partial charge in [0, 0.05) is 19.3 Å². The number of hydrogen-bond donors (Lipinski definition) is 2. The summed E-state index contributed by atoms with van der Waals surface area (Å²) in [4.78, 5) is 24.8. The topological polar surface area (TPSA) is 102 Å². The number of rotatable bonds is 8. The van der Waals surface area contributed by atoms with E-state index in [-0.39, 0.29) is 30.4 Å². The molecule has 1 heterocycles. The van der Waals surface area contributed by atoms with E-state index in [0.717, 1.165) is 5.52 Å². The SMILES string of the molecule is C=CCNS(=O)(=O)Cc1ccc(NC(=O)Cn2c(=O)n(C)c3ccccc32)cc1. The van der Waals surface area contributed by atoms with Gasteiger partial charge in [0.25, 0.3) is 0 Å². The first-order valence-corrected chi connectivity index (χ1v) is 10.6. The smallest absolute Gasteiger partial charge is 0.325 e. The Labute approximate surface area is 168 Å². The Balaban J connectivity index is 1.68. The normalized spacial score (nSPS) is 11.5. The molecule has 1 aromatic heterocycles. The molecule has 8 nitrogen and oxygen atoms in total. The number of anilines is 1. The second-order valence-corrected chi connectivity index (χ2v) is 8.36. The third kappa shape index (κ3) is 4.82. The quantitative estimate of drug-likeness (QED) is 0.547. The van der Waals surface area contributed by atoms with Gasteiger partial charge in [0.05, 0.1) is 16.8 Å². The summed E-state index contributed by atoms with van der Waals surface area (Å²) in [6.45, 7) is 3.52. The van der Waals surface area contributed by atoms with Gasteiger partial charge in [-0.3, -0.25) is 13.9 Å². The lowest BCUT2D eigenvalue weighted by Crippen LogP contribution is -2.28. The lowest BCUT2D eigenvalue weighted by atomic mass is 10.2. The zero-order valence-corrected chi connectivity index (χ0v) is 16.8. The van der Waals surface area contributed by atoms with Gasteiger partial charge in [0.1, 0.15) is 6.54 Å². The van der Waals surface area contributed by atoms with E-state index in [2.05, 4.69) is 16.6 Å². The number of nitrogens with one attached hydrogen (secondary N) is 2. The van der Waals surface area contributed by atoms with Crippen molar-refractivity contribution in [2.24, 2.45) is 7.05 Å². The zero-order valence-electron chi connectivity index (χ0n) is 16.0. The monoisotopic (exact) mass is 414 g/mol.